The molecule has 5 atom stereocenters. The van der Waals surface area contributed by atoms with Gasteiger partial charge in [0.1, 0.15) is 26.2 Å². The standard InChI is InChI=1S/C8H15BFO3PS2/c1-3-14(15,16)13-7-5(4-11-2)12-8(9)6(7)10/h5-8H,3-4H2,1-2H3,(H,15,16)/p-1/t5-,6-,7?,8-/m1/s1. The predicted octanol–water partition coefficient (Wildman–Crippen LogP) is 1.13. The summed E-state index contributed by atoms with van der Waals surface area (Å²) in [5, 5.41) is 0. The first-order chi connectivity index (χ1) is 7.41. The first-order valence-corrected chi connectivity index (χ1v) is 8.85. The van der Waals surface area contributed by atoms with Gasteiger partial charge in [-0.05, 0) is 6.16 Å². The molecule has 0 aromatic carbocycles. The van der Waals surface area contributed by atoms with Crippen molar-refractivity contribution in [3.63, 3.8) is 0 Å². The lowest BCUT2D eigenvalue weighted by molar-refractivity contribution is -0.00784. The molecule has 0 aliphatic carbocycles. The van der Waals surface area contributed by atoms with E-state index in [-0.39, 0.29) is 6.61 Å². The number of ether oxygens (including phenoxy) is 2. The van der Waals surface area contributed by atoms with Crippen LogP contribution in [0.1, 0.15) is 6.92 Å². The number of rotatable bonds is 5. The monoisotopic (exact) mass is 283 g/mol. The first-order valence-electron chi connectivity index (χ1n) is 4.93. The fourth-order valence-electron chi connectivity index (χ4n) is 1.43. The van der Waals surface area contributed by atoms with Crippen LogP contribution in [0.25, 0.3) is 0 Å². The van der Waals surface area contributed by atoms with Gasteiger partial charge in [0.15, 0.2) is 0 Å². The van der Waals surface area contributed by atoms with Gasteiger partial charge in [-0.1, -0.05) is 24.2 Å². The summed E-state index contributed by atoms with van der Waals surface area (Å²) >= 11 is 10.2. The summed E-state index contributed by atoms with van der Waals surface area (Å²) in [7, 11) is 6.96. The molecule has 1 heterocycles. The largest absolute Gasteiger partial charge is 0.719 e. The van der Waals surface area contributed by atoms with Crippen molar-refractivity contribution in [2.75, 3.05) is 19.9 Å². The van der Waals surface area contributed by atoms with Crippen LogP contribution in [-0.4, -0.2) is 52.1 Å². The minimum atomic E-state index is -2.36. The van der Waals surface area contributed by atoms with Gasteiger partial charge in [-0.25, -0.2) is 4.39 Å². The van der Waals surface area contributed by atoms with Gasteiger partial charge in [0, 0.05) is 7.11 Å². The maximum absolute atomic E-state index is 13.7. The third-order valence-electron chi connectivity index (χ3n) is 2.33. The van der Waals surface area contributed by atoms with Gasteiger partial charge >= 0.3 is 0 Å². The highest BCUT2D eigenvalue weighted by Crippen LogP contribution is 2.48. The fraction of sp³-hybridized carbons (Fsp3) is 1.00. The van der Waals surface area contributed by atoms with Gasteiger partial charge in [-0.15, -0.1) is 0 Å². The molecule has 1 rings (SSSR count). The summed E-state index contributed by atoms with van der Waals surface area (Å²) in [4.78, 5) is 0. The number of methoxy groups -OCH3 is 1. The lowest BCUT2D eigenvalue weighted by atomic mass is 9.94. The Morgan fingerprint density at radius 3 is 2.75 bits per heavy atom. The zero-order chi connectivity index (χ0) is 12.3. The summed E-state index contributed by atoms with van der Waals surface area (Å²) < 4.78 is 29.3. The molecule has 16 heavy (non-hydrogen) atoms. The van der Waals surface area contributed by atoms with Gasteiger partial charge in [0.05, 0.1) is 12.6 Å². The van der Waals surface area contributed by atoms with E-state index in [1.807, 2.05) is 6.92 Å². The van der Waals surface area contributed by atoms with Crippen molar-refractivity contribution in [1.29, 1.82) is 0 Å². The molecule has 0 N–H and O–H groups in total. The van der Waals surface area contributed by atoms with E-state index in [4.69, 9.17) is 45.9 Å². The highest BCUT2D eigenvalue weighted by molar-refractivity contribution is 8.53. The molecule has 0 aromatic heterocycles. The molecule has 3 nitrogen and oxygen atoms in total. The van der Waals surface area contributed by atoms with Crippen LogP contribution in [0.4, 0.5) is 4.39 Å². The zero-order valence-corrected chi connectivity index (χ0v) is 11.7. The SMILES string of the molecule is [B][C@@H]1O[C@H](COC)C(OP(=S)([S-])CC)[C@H]1F. The van der Waals surface area contributed by atoms with Gasteiger partial charge in [-0.3, -0.25) is 0 Å². The van der Waals surface area contributed by atoms with Crippen molar-refractivity contribution in [1.82, 2.24) is 0 Å². The highest BCUT2D eigenvalue weighted by atomic mass is 32.9. The summed E-state index contributed by atoms with van der Waals surface area (Å²) in [6, 6.07) is -0.994. The summed E-state index contributed by atoms with van der Waals surface area (Å²) in [6.45, 7) is 2.05. The van der Waals surface area contributed by atoms with E-state index in [2.05, 4.69) is 0 Å². The van der Waals surface area contributed by atoms with Crippen molar-refractivity contribution >= 4 is 37.4 Å². The Kier molecular flexibility index (Phi) is 5.75. The minimum absolute atomic E-state index is 0.215. The molecule has 8 heteroatoms. The minimum Gasteiger partial charge on any atom is -0.719 e. The molecule has 1 saturated heterocycles. The highest BCUT2D eigenvalue weighted by Gasteiger charge is 2.43. The quantitative estimate of drug-likeness (QED) is 0.428. The second-order valence-corrected chi connectivity index (χ2v) is 9.83. The molecule has 1 aliphatic heterocycles. The van der Waals surface area contributed by atoms with Crippen LogP contribution in [0.15, 0.2) is 0 Å². The van der Waals surface area contributed by atoms with Crippen LogP contribution in [-0.2, 0) is 38.1 Å². The molecule has 0 aromatic rings. The topological polar surface area (TPSA) is 27.7 Å². The number of hydrogen-bond donors (Lipinski definition) is 0. The number of alkyl halides is 1. The molecule has 0 bridgehead atoms. The Bertz CT molecular complexity index is 284. The molecular weight excluding hydrogens is 269 g/mol. The molecule has 92 valence electrons. The Morgan fingerprint density at radius 1 is 1.62 bits per heavy atom. The third-order valence-corrected chi connectivity index (χ3v) is 5.73. The van der Waals surface area contributed by atoms with E-state index in [1.54, 1.807) is 0 Å². The third kappa shape index (κ3) is 3.69. The van der Waals surface area contributed by atoms with Crippen LogP contribution in [0.5, 0.6) is 0 Å². The smallest absolute Gasteiger partial charge is 0.146 e. The molecule has 2 unspecified atom stereocenters. The molecule has 0 amide bonds. The van der Waals surface area contributed by atoms with Crippen LogP contribution in [0, 0.1) is 0 Å². The van der Waals surface area contributed by atoms with Gasteiger partial charge in [-0.2, -0.15) is 0 Å². The predicted molar refractivity (Wildman–Crippen MR) is 68.3 cm³/mol. The van der Waals surface area contributed by atoms with Crippen LogP contribution < -0.4 is 0 Å². The second kappa shape index (κ2) is 6.16. The number of hydrogen-bond acceptors (Lipinski definition) is 5. The maximum atomic E-state index is 13.7. The fourth-order valence-corrected chi connectivity index (χ4v) is 2.80. The molecule has 0 saturated carbocycles. The van der Waals surface area contributed by atoms with E-state index in [1.165, 1.54) is 7.11 Å². The summed E-state index contributed by atoms with van der Waals surface area (Å²) in [5.74, 6) is 0. The second-order valence-electron chi connectivity index (χ2n) is 3.54. The van der Waals surface area contributed by atoms with Gasteiger partial charge in [0.25, 0.3) is 0 Å². The Hall–Kier alpha value is 0.875. The van der Waals surface area contributed by atoms with E-state index >= 15 is 0 Å². The Labute approximate surface area is 107 Å². The average Bonchev–Trinajstić information content (AvgIpc) is 2.47. The summed E-state index contributed by atoms with van der Waals surface area (Å²) in [5.41, 5.74) is -2.36. The van der Waals surface area contributed by atoms with Crippen molar-refractivity contribution in [3.05, 3.63) is 0 Å². The summed E-state index contributed by atoms with van der Waals surface area (Å²) in [6.07, 6.45) is -2.21. The molecule has 1 fully saturated rings. The van der Waals surface area contributed by atoms with E-state index in [0.29, 0.717) is 6.16 Å². The Balaban J connectivity index is 2.70. The van der Waals surface area contributed by atoms with E-state index in [9.17, 15) is 4.39 Å². The molecule has 2 radical (unpaired) electrons. The molecular formula is C8H14BFO3PS2-. The lowest BCUT2D eigenvalue weighted by Crippen LogP contribution is -2.33. The first kappa shape index (κ1) is 14.9. The average molecular weight is 283 g/mol. The van der Waals surface area contributed by atoms with Crippen molar-refractivity contribution in [2.24, 2.45) is 0 Å². The Morgan fingerprint density at radius 2 is 2.25 bits per heavy atom. The number of halogens is 1. The van der Waals surface area contributed by atoms with Gasteiger partial charge < -0.3 is 26.2 Å². The maximum Gasteiger partial charge on any atom is 0.146 e. The molecule has 1 aliphatic rings. The van der Waals surface area contributed by atoms with Crippen molar-refractivity contribution in [3.8, 4) is 0 Å². The zero-order valence-electron chi connectivity index (χ0n) is 9.17. The van der Waals surface area contributed by atoms with E-state index < -0.39 is 29.8 Å². The normalized spacial score (nSPS) is 38.5. The lowest BCUT2D eigenvalue weighted by Gasteiger charge is -2.33. The molecule has 0 spiro atoms. The van der Waals surface area contributed by atoms with Crippen LogP contribution >= 0.6 is 5.47 Å². The van der Waals surface area contributed by atoms with Gasteiger partial charge in [0.2, 0.25) is 0 Å². The van der Waals surface area contributed by atoms with Crippen LogP contribution in [0.2, 0.25) is 0 Å². The van der Waals surface area contributed by atoms with E-state index in [0.717, 1.165) is 0 Å². The van der Waals surface area contributed by atoms with Crippen molar-refractivity contribution < 1.29 is 18.4 Å². The van der Waals surface area contributed by atoms with Crippen molar-refractivity contribution in [2.45, 2.75) is 31.3 Å². The van der Waals surface area contributed by atoms with Crippen LogP contribution in [0.3, 0.4) is 0 Å².